The Morgan fingerprint density at radius 3 is 2.64 bits per heavy atom. The Bertz CT molecular complexity index is 699. The molecule has 0 aliphatic heterocycles. The van der Waals surface area contributed by atoms with E-state index >= 15 is 0 Å². The molecule has 7 heteroatoms. The van der Waals surface area contributed by atoms with Crippen LogP contribution in [0.3, 0.4) is 0 Å². The van der Waals surface area contributed by atoms with E-state index in [1.165, 1.54) is 0 Å². The van der Waals surface area contributed by atoms with E-state index in [0.29, 0.717) is 15.1 Å². The van der Waals surface area contributed by atoms with Crippen LogP contribution in [-0.2, 0) is 11.3 Å². The lowest BCUT2D eigenvalue weighted by molar-refractivity contribution is 0.0132. The molecule has 25 heavy (non-hydrogen) atoms. The van der Waals surface area contributed by atoms with E-state index in [1.807, 2.05) is 30.3 Å². The minimum absolute atomic E-state index is 0.167. The number of aliphatic hydroxyl groups excluding tert-OH is 2. The summed E-state index contributed by atoms with van der Waals surface area (Å²) >= 11 is 9.22. The van der Waals surface area contributed by atoms with Crippen molar-refractivity contribution in [2.75, 3.05) is 6.54 Å². The number of alkyl carbamates (subject to hydrolysis) is 1. The molecule has 2 unspecified atom stereocenters. The lowest BCUT2D eigenvalue weighted by atomic mass is 10.0. The Morgan fingerprint density at radius 2 is 1.92 bits per heavy atom. The number of carbonyl (C=O) groups excluding carboxylic acids is 1. The first kappa shape index (κ1) is 19.7. The summed E-state index contributed by atoms with van der Waals surface area (Å²) < 4.78 is 5.72. The highest BCUT2D eigenvalue weighted by atomic mass is 79.9. The molecule has 0 spiro atoms. The monoisotopic (exact) mass is 427 g/mol. The molecule has 0 bridgehead atoms. The third-order valence-corrected chi connectivity index (χ3v) is 4.52. The van der Waals surface area contributed by atoms with Gasteiger partial charge in [0.2, 0.25) is 0 Å². The van der Waals surface area contributed by atoms with Gasteiger partial charge in [0.25, 0.3) is 0 Å². The second-order valence-corrected chi connectivity index (χ2v) is 6.75. The molecular formula is C18H19BrClNO4. The van der Waals surface area contributed by atoms with Gasteiger partial charge >= 0.3 is 6.09 Å². The molecule has 5 nitrogen and oxygen atoms in total. The first-order chi connectivity index (χ1) is 12.0. The van der Waals surface area contributed by atoms with Crippen molar-refractivity contribution in [3.63, 3.8) is 0 Å². The van der Waals surface area contributed by atoms with Gasteiger partial charge in [-0.3, -0.25) is 0 Å². The first-order valence-corrected chi connectivity index (χ1v) is 8.90. The van der Waals surface area contributed by atoms with Gasteiger partial charge in [0.1, 0.15) is 12.7 Å². The lowest BCUT2D eigenvalue weighted by Crippen LogP contribution is -2.29. The van der Waals surface area contributed by atoms with Gasteiger partial charge in [-0.25, -0.2) is 4.79 Å². The van der Waals surface area contributed by atoms with Crippen molar-refractivity contribution in [3.8, 4) is 0 Å². The average molecular weight is 429 g/mol. The Labute approximate surface area is 159 Å². The molecule has 2 aromatic rings. The van der Waals surface area contributed by atoms with E-state index < -0.39 is 18.3 Å². The molecule has 0 heterocycles. The fraction of sp³-hybridized carbons (Fsp3) is 0.278. The number of aliphatic hydroxyl groups is 2. The maximum atomic E-state index is 11.6. The molecule has 0 saturated carbocycles. The number of amides is 1. The summed E-state index contributed by atoms with van der Waals surface area (Å²) in [5.74, 6) is 0. The van der Waals surface area contributed by atoms with Gasteiger partial charge in [0.15, 0.2) is 0 Å². The summed E-state index contributed by atoms with van der Waals surface area (Å²) in [4.78, 5) is 11.6. The molecule has 134 valence electrons. The standard InChI is InChI=1S/C18H19BrClNO4/c19-15-7-6-13(20)10-14(15)17(23)16(22)8-9-21-18(24)25-11-12-4-2-1-3-5-12/h1-7,10,16-17,22-23H,8-9,11H2,(H,21,24). The van der Waals surface area contributed by atoms with Gasteiger partial charge in [0, 0.05) is 16.0 Å². The molecule has 0 aromatic heterocycles. The number of hydrogen-bond acceptors (Lipinski definition) is 4. The van der Waals surface area contributed by atoms with Crippen LogP contribution >= 0.6 is 27.5 Å². The molecule has 2 rings (SSSR count). The maximum Gasteiger partial charge on any atom is 0.407 e. The van der Waals surface area contributed by atoms with Crippen LogP contribution in [0.15, 0.2) is 53.0 Å². The molecule has 3 N–H and O–H groups in total. The van der Waals surface area contributed by atoms with Crippen LogP contribution < -0.4 is 5.32 Å². The number of nitrogens with one attached hydrogen (secondary N) is 1. The topological polar surface area (TPSA) is 78.8 Å². The van der Waals surface area contributed by atoms with Crippen molar-refractivity contribution in [3.05, 3.63) is 69.2 Å². The van der Waals surface area contributed by atoms with Gasteiger partial charge in [0.05, 0.1) is 6.10 Å². The van der Waals surface area contributed by atoms with Crippen molar-refractivity contribution < 1.29 is 19.7 Å². The fourth-order valence-corrected chi connectivity index (χ4v) is 2.86. The first-order valence-electron chi connectivity index (χ1n) is 7.73. The lowest BCUT2D eigenvalue weighted by Gasteiger charge is -2.19. The molecule has 1 amide bonds. The second kappa shape index (κ2) is 9.77. The highest BCUT2D eigenvalue weighted by Crippen LogP contribution is 2.29. The SMILES string of the molecule is O=C(NCCC(O)C(O)c1cc(Cl)ccc1Br)OCc1ccccc1. The average Bonchev–Trinajstić information content (AvgIpc) is 2.62. The molecule has 0 fully saturated rings. The smallest absolute Gasteiger partial charge is 0.407 e. The Morgan fingerprint density at radius 1 is 1.20 bits per heavy atom. The highest BCUT2D eigenvalue weighted by Gasteiger charge is 2.21. The summed E-state index contributed by atoms with van der Waals surface area (Å²) in [7, 11) is 0. The number of halogens is 2. The van der Waals surface area contributed by atoms with E-state index in [0.717, 1.165) is 5.56 Å². The summed E-state index contributed by atoms with van der Waals surface area (Å²) in [5, 5.41) is 23.3. The van der Waals surface area contributed by atoms with Crippen LogP contribution in [0.2, 0.25) is 5.02 Å². The van der Waals surface area contributed by atoms with Crippen molar-refractivity contribution in [1.82, 2.24) is 5.32 Å². The molecular weight excluding hydrogens is 410 g/mol. The molecule has 2 atom stereocenters. The van der Waals surface area contributed by atoms with Crippen molar-refractivity contribution >= 4 is 33.6 Å². The van der Waals surface area contributed by atoms with Crippen LogP contribution in [-0.4, -0.2) is 29.0 Å². The minimum Gasteiger partial charge on any atom is -0.445 e. The van der Waals surface area contributed by atoms with Gasteiger partial charge in [-0.2, -0.15) is 0 Å². The maximum absolute atomic E-state index is 11.6. The summed E-state index contributed by atoms with van der Waals surface area (Å²) in [6, 6.07) is 14.3. The number of benzene rings is 2. The molecule has 0 aliphatic carbocycles. The Kier molecular flexibility index (Phi) is 7.71. The van der Waals surface area contributed by atoms with Gasteiger partial charge in [-0.05, 0) is 35.7 Å². The molecule has 0 radical (unpaired) electrons. The minimum atomic E-state index is -1.12. The largest absolute Gasteiger partial charge is 0.445 e. The second-order valence-electron chi connectivity index (χ2n) is 5.46. The summed E-state index contributed by atoms with van der Waals surface area (Å²) in [6.07, 6.45) is -2.57. The molecule has 0 aliphatic rings. The molecule has 2 aromatic carbocycles. The Balaban J connectivity index is 1.75. The van der Waals surface area contributed by atoms with Gasteiger partial charge in [-0.1, -0.05) is 57.9 Å². The van der Waals surface area contributed by atoms with E-state index in [2.05, 4.69) is 21.2 Å². The summed E-state index contributed by atoms with van der Waals surface area (Å²) in [6.45, 7) is 0.345. The fourth-order valence-electron chi connectivity index (χ4n) is 2.20. The van der Waals surface area contributed by atoms with Crippen LogP contribution in [0, 0.1) is 0 Å². The van der Waals surface area contributed by atoms with E-state index in [-0.39, 0.29) is 19.6 Å². The third-order valence-electron chi connectivity index (χ3n) is 3.56. The van der Waals surface area contributed by atoms with Crippen molar-refractivity contribution in [2.24, 2.45) is 0 Å². The van der Waals surface area contributed by atoms with Crippen LogP contribution in [0.4, 0.5) is 4.79 Å². The van der Waals surface area contributed by atoms with E-state index in [4.69, 9.17) is 16.3 Å². The predicted molar refractivity (Wildman–Crippen MR) is 99.4 cm³/mol. The number of ether oxygens (including phenoxy) is 1. The zero-order valence-electron chi connectivity index (χ0n) is 13.4. The third kappa shape index (κ3) is 6.32. The van der Waals surface area contributed by atoms with Crippen molar-refractivity contribution in [1.29, 1.82) is 0 Å². The van der Waals surface area contributed by atoms with Crippen molar-refractivity contribution in [2.45, 2.75) is 25.2 Å². The van der Waals surface area contributed by atoms with E-state index in [1.54, 1.807) is 18.2 Å². The van der Waals surface area contributed by atoms with Crippen LogP contribution in [0.5, 0.6) is 0 Å². The Hall–Kier alpha value is -1.60. The van der Waals surface area contributed by atoms with Crippen LogP contribution in [0.1, 0.15) is 23.7 Å². The van der Waals surface area contributed by atoms with Gasteiger partial charge < -0.3 is 20.3 Å². The number of rotatable bonds is 7. The molecule has 0 saturated heterocycles. The zero-order chi connectivity index (χ0) is 18.2. The zero-order valence-corrected chi connectivity index (χ0v) is 15.7. The highest BCUT2D eigenvalue weighted by molar-refractivity contribution is 9.10. The van der Waals surface area contributed by atoms with E-state index in [9.17, 15) is 15.0 Å². The summed E-state index contributed by atoms with van der Waals surface area (Å²) in [5.41, 5.74) is 1.38. The number of carbonyl (C=O) groups is 1. The van der Waals surface area contributed by atoms with Gasteiger partial charge in [-0.15, -0.1) is 0 Å². The quantitative estimate of drug-likeness (QED) is 0.626. The predicted octanol–water partition coefficient (Wildman–Crippen LogP) is 3.81. The van der Waals surface area contributed by atoms with Crippen LogP contribution in [0.25, 0.3) is 0 Å². The number of hydrogen-bond donors (Lipinski definition) is 3. The normalized spacial score (nSPS) is 13.1.